The third-order valence-electron chi connectivity index (χ3n) is 6.54. The van der Waals surface area contributed by atoms with E-state index in [-0.39, 0.29) is 17.6 Å². The number of carbonyl (C=O) groups excluding carboxylic acids is 2. The van der Waals surface area contributed by atoms with Crippen molar-refractivity contribution >= 4 is 17.4 Å². The van der Waals surface area contributed by atoms with Gasteiger partial charge in [-0.2, -0.15) is 0 Å². The Labute approximate surface area is 205 Å². The largest absolute Gasteiger partial charge is 0.457 e. The van der Waals surface area contributed by atoms with Crippen LogP contribution in [0.15, 0.2) is 97.1 Å². The number of para-hydroxylation sites is 3. The van der Waals surface area contributed by atoms with Crippen LogP contribution in [0.5, 0.6) is 11.5 Å². The fourth-order valence-corrected chi connectivity index (χ4v) is 4.74. The zero-order valence-electron chi connectivity index (χ0n) is 19.7. The van der Waals surface area contributed by atoms with E-state index in [1.807, 2.05) is 104 Å². The van der Waals surface area contributed by atoms with Crippen LogP contribution in [0.2, 0.25) is 0 Å². The third kappa shape index (κ3) is 4.87. The molecule has 174 valence electrons. The molecular weight excluding hydrogens is 434 g/mol. The molecule has 4 heteroatoms. The maximum absolute atomic E-state index is 13.3. The van der Waals surface area contributed by atoms with E-state index in [1.54, 1.807) is 0 Å². The maximum Gasteiger partial charge on any atom is 0.225 e. The zero-order valence-corrected chi connectivity index (χ0v) is 19.7. The Kier molecular flexibility index (Phi) is 6.44. The zero-order chi connectivity index (χ0) is 24.2. The lowest BCUT2D eigenvalue weighted by Gasteiger charge is -2.28. The molecule has 1 aliphatic rings. The first-order valence-corrected chi connectivity index (χ1v) is 11.9. The molecular formula is C31H27NO3. The number of anilines is 1. The highest BCUT2D eigenvalue weighted by molar-refractivity contribution is 5.97. The van der Waals surface area contributed by atoms with Gasteiger partial charge in [-0.3, -0.25) is 9.59 Å². The van der Waals surface area contributed by atoms with Crippen molar-refractivity contribution in [3.63, 3.8) is 0 Å². The first-order chi connectivity index (χ1) is 17.1. The molecule has 0 unspecified atom stereocenters. The Morgan fingerprint density at radius 2 is 1.40 bits per heavy atom. The van der Waals surface area contributed by atoms with Gasteiger partial charge in [0, 0.05) is 41.1 Å². The molecule has 0 bridgehead atoms. The van der Waals surface area contributed by atoms with Crippen LogP contribution in [0, 0.1) is 6.92 Å². The van der Waals surface area contributed by atoms with Crippen LogP contribution in [0.4, 0.5) is 5.69 Å². The highest BCUT2D eigenvalue weighted by Gasteiger charge is 2.29. The second-order valence-electron chi connectivity index (χ2n) is 8.88. The fraction of sp³-hybridized carbons (Fsp3) is 0.161. The molecule has 0 fully saturated rings. The van der Waals surface area contributed by atoms with Crippen LogP contribution in [-0.4, -0.2) is 11.7 Å². The Bertz CT molecular complexity index is 1330. The highest BCUT2D eigenvalue weighted by atomic mass is 16.5. The van der Waals surface area contributed by atoms with Gasteiger partial charge in [0.2, 0.25) is 5.91 Å². The smallest absolute Gasteiger partial charge is 0.225 e. The first-order valence-electron chi connectivity index (χ1n) is 11.9. The van der Waals surface area contributed by atoms with Gasteiger partial charge in [-0.25, -0.2) is 0 Å². The van der Waals surface area contributed by atoms with Crippen molar-refractivity contribution in [3.05, 3.63) is 125 Å². The summed E-state index contributed by atoms with van der Waals surface area (Å²) in [5.74, 6) is 1.52. The van der Waals surface area contributed by atoms with Gasteiger partial charge in [-0.1, -0.05) is 84.9 Å². The Morgan fingerprint density at radius 3 is 2.09 bits per heavy atom. The molecule has 0 aliphatic carbocycles. The van der Waals surface area contributed by atoms with E-state index in [0.717, 1.165) is 39.4 Å². The van der Waals surface area contributed by atoms with E-state index in [9.17, 15) is 9.59 Å². The molecule has 1 aliphatic heterocycles. The van der Waals surface area contributed by atoms with Crippen molar-refractivity contribution in [3.8, 4) is 11.5 Å². The number of nitrogens with one attached hydrogen (secondary N) is 1. The fourth-order valence-electron chi connectivity index (χ4n) is 4.74. The number of amides is 1. The van der Waals surface area contributed by atoms with Gasteiger partial charge in [0.25, 0.3) is 0 Å². The molecule has 0 saturated heterocycles. The molecule has 35 heavy (non-hydrogen) atoms. The van der Waals surface area contributed by atoms with Crippen molar-refractivity contribution < 1.29 is 14.3 Å². The molecule has 1 N–H and O–H groups in total. The Balaban J connectivity index is 1.35. The van der Waals surface area contributed by atoms with Gasteiger partial charge in [-0.05, 0) is 36.6 Å². The summed E-state index contributed by atoms with van der Waals surface area (Å²) < 4.78 is 6.07. The number of benzene rings is 4. The van der Waals surface area contributed by atoms with E-state index in [0.29, 0.717) is 24.8 Å². The summed E-state index contributed by atoms with van der Waals surface area (Å²) in [6.45, 7) is 1.98. The number of fused-ring (bicyclic) bond motifs is 2. The van der Waals surface area contributed by atoms with Crippen molar-refractivity contribution in [2.45, 2.75) is 32.1 Å². The second-order valence-corrected chi connectivity index (χ2v) is 8.88. The van der Waals surface area contributed by atoms with E-state index >= 15 is 0 Å². The minimum Gasteiger partial charge on any atom is -0.457 e. The number of hydrogen-bond donors (Lipinski definition) is 1. The Morgan fingerprint density at radius 1 is 0.771 bits per heavy atom. The van der Waals surface area contributed by atoms with Gasteiger partial charge in [0.15, 0.2) is 5.78 Å². The number of aryl methyl sites for hydroxylation is 2. The van der Waals surface area contributed by atoms with Crippen LogP contribution in [-0.2, 0) is 11.2 Å². The minimum absolute atomic E-state index is 0.0635. The molecule has 4 aromatic carbocycles. The summed E-state index contributed by atoms with van der Waals surface area (Å²) in [6.07, 6.45) is 1.25. The molecule has 0 spiro atoms. The normalized spacial score (nSPS) is 12.3. The van der Waals surface area contributed by atoms with Gasteiger partial charge in [0.05, 0.1) is 0 Å². The topological polar surface area (TPSA) is 55.4 Å². The molecule has 0 aromatic heterocycles. The van der Waals surface area contributed by atoms with Crippen LogP contribution < -0.4 is 10.1 Å². The van der Waals surface area contributed by atoms with Gasteiger partial charge >= 0.3 is 0 Å². The molecule has 0 saturated carbocycles. The average molecular weight is 462 g/mol. The van der Waals surface area contributed by atoms with Crippen LogP contribution >= 0.6 is 0 Å². The highest BCUT2D eigenvalue weighted by Crippen LogP contribution is 2.45. The number of ketones is 1. The van der Waals surface area contributed by atoms with Crippen molar-refractivity contribution in [2.24, 2.45) is 0 Å². The number of rotatable bonds is 7. The SMILES string of the molecule is Cc1cccc(CCC(=O)c2ccccc2)c1NC(=O)CC1c2ccccc2Oc2ccccc21. The predicted molar refractivity (Wildman–Crippen MR) is 138 cm³/mol. The monoisotopic (exact) mass is 461 g/mol. The number of ether oxygens (including phenoxy) is 1. The number of Topliss-reactive ketones (excluding diaryl/α,β-unsaturated/α-hetero) is 1. The van der Waals surface area contributed by atoms with Crippen LogP contribution in [0.25, 0.3) is 0 Å². The Hall–Kier alpha value is -4.18. The minimum atomic E-state index is -0.0942. The second kappa shape index (κ2) is 9.98. The summed E-state index contributed by atoms with van der Waals surface area (Å²) in [5.41, 5.74) is 5.49. The summed E-state index contributed by atoms with van der Waals surface area (Å²) in [4.78, 5) is 26.0. The summed E-state index contributed by atoms with van der Waals surface area (Å²) in [6, 6.07) is 31.0. The van der Waals surface area contributed by atoms with Crippen LogP contribution in [0.3, 0.4) is 0 Å². The third-order valence-corrected chi connectivity index (χ3v) is 6.54. The van der Waals surface area contributed by atoms with Gasteiger partial charge in [0.1, 0.15) is 11.5 Å². The summed E-state index contributed by atoms with van der Waals surface area (Å²) in [7, 11) is 0. The first kappa shape index (κ1) is 22.6. The lowest BCUT2D eigenvalue weighted by Crippen LogP contribution is -2.20. The van der Waals surface area contributed by atoms with E-state index < -0.39 is 0 Å². The maximum atomic E-state index is 13.3. The molecule has 4 nitrogen and oxygen atoms in total. The molecule has 1 amide bonds. The van der Waals surface area contributed by atoms with Gasteiger partial charge in [-0.15, -0.1) is 0 Å². The van der Waals surface area contributed by atoms with E-state index in [2.05, 4.69) is 5.32 Å². The lowest BCUT2D eigenvalue weighted by molar-refractivity contribution is -0.116. The number of hydrogen-bond acceptors (Lipinski definition) is 3. The van der Waals surface area contributed by atoms with E-state index in [4.69, 9.17) is 4.74 Å². The van der Waals surface area contributed by atoms with Crippen molar-refractivity contribution in [1.82, 2.24) is 0 Å². The van der Waals surface area contributed by atoms with E-state index in [1.165, 1.54) is 0 Å². The molecule has 1 heterocycles. The quantitative estimate of drug-likeness (QED) is 0.299. The lowest BCUT2D eigenvalue weighted by atomic mass is 9.85. The molecule has 5 rings (SSSR count). The average Bonchev–Trinajstić information content (AvgIpc) is 2.89. The van der Waals surface area contributed by atoms with Crippen LogP contribution in [0.1, 0.15) is 51.4 Å². The standard InChI is InChI=1S/C31H27NO3/c1-21-10-9-13-23(18-19-27(33)22-11-3-2-4-12-22)31(21)32-30(34)20-26-24-14-5-7-16-28(24)35-29-17-8-6-15-25(26)29/h2-17,26H,18-20H2,1H3,(H,32,34). The molecule has 0 atom stereocenters. The summed E-state index contributed by atoms with van der Waals surface area (Å²) >= 11 is 0. The molecule has 4 aromatic rings. The summed E-state index contributed by atoms with van der Waals surface area (Å²) in [5, 5.41) is 3.16. The van der Waals surface area contributed by atoms with Crippen molar-refractivity contribution in [2.75, 3.05) is 5.32 Å². The molecule has 0 radical (unpaired) electrons. The van der Waals surface area contributed by atoms with Gasteiger partial charge < -0.3 is 10.1 Å². The number of carbonyl (C=O) groups is 2. The van der Waals surface area contributed by atoms with Crippen molar-refractivity contribution in [1.29, 1.82) is 0 Å². The predicted octanol–water partition coefficient (Wildman–Crippen LogP) is 7.08.